The molecule has 0 aliphatic rings. The zero-order valence-electron chi connectivity index (χ0n) is 13.6. The smallest absolute Gasteiger partial charge is 0.353 e. The van der Waals surface area contributed by atoms with Crippen LogP contribution in [-0.2, 0) is 6.54 Å². The van der Waals surface area contributed by atoms with Crippen molar-refractivity contribution in [3.05, 3.63) is 81.9 Å². The third-order valence-corrected chi connectivity index (χ3v) is 3.56. The molecule has 0 atom stereocenters. The maximum atomic E-state index is 13.8. The molecule has 2 aromatic carbocycles. The van der Waals surface area contributed by atoms with E-state index < -0.39 is 28.1 Å². The molecule has 27 heavy (non-hydrogen) atoms. The molecule has 0 amide bonds. The molecular formula is C17H12F3N5O2. The van der Waals surface area contributed by atoms with Crippen molar-refractivity contribution < 1.29 is 18.1 Å². The fraction of sp³-hybridized carbons (Fsp3) is 0.0588. The summed E-state index contributed by atoms with van der Waals surface area (Å²) in [5.74, 6) is -2.48. The van der Waals surface area contributed by atoms with Crippen LogP contribution < -0.4 is 10.6 Å². The molecule has 1 aromatic heterocycles. The van der Waals surface area contributed by atoms with E-state index >= 15 is 0 Å². The van der Waals surface area contributed by atoms with Gasteiger partial charge in [0.05, 0.1) is 10.6 Å². The first kappa shape index (κ1) is 18.1. The van der Waals surface area contributed by atoms with E-state index in [1.165, 1.54) is 24.3 Å². The van der Waals surface area contributed by atoms with Crippen LogP contribution in [0.5, 0.6) is 0 Å². The molecule has 0 aliphatic carbocycles. The van der Waals surface area contributed by atoms with Gasteiger partial charge in [-0.3, -0.25) is 10.1 Å². The van der Waals surface area contributed by atoms with E-state index in [0.29, 0.717) is 11.6 Å². The Bertz CT molecular complexity index is 983. The lowest BCUT2D eigenvalue weighted by Gasteiger charge is -2.10. The maximum absolute atomic E-state index is 13.8. The van der Waals surface area contributed by atoms with Crippen LogP contribution in [0.3, 0.4) is 0 Å². The van der Waals surface area contributed by atoms with E-state index in [4.69, 9.17) is 0 Å². The second-order valence-electron chi connectivity index (χ2n) is 5.41. The maximum Gasteiger partial charge on any atom is 0.353 e. The van der Waals surface area contributed by atoms with Gasteiger partial charge >= 0.3 is 5.69 Å². The minimum Gasteiger partial charge on any atom is -0.360 e. The van der Waals surface area contributed by atoms with E-state index in [9.17, 15) is 23.3 Å². The SMILES string of the molecule is O=[N+]([O-])c1c(NCc2ccc(F)cc2)ncnc1Nc1ccc(F)cc1F. The number of benzene rings is 2. The van der Waals surface area contributed by atoms with Crippen molar-refractivity contribution >= 4 is 23.0 Å². The molecule has 0 spiro atoms. The van der Waals surface area contributed by atoms with Crippen molar-refractivity contribution in [3.63, 3.8) is 0 Å². The second-order valence-corrected chi connectivity index (χ2v) is 5.41. The molecule has 0 unspecified atom stereocenters. The van der Waals surface area contributed by atoms with Gasteiger partial charge in [-0.15, -0.1) is 0 Å². The third kappa shape index (κ3) is 4.29. The Morgan fingerprint density at radius 1 is 0.963 bits per heavy atom. The quantitative estimate of drug-likeness (QED) is 0.496. The molecule has 10 heteroatoms. The Morgan fingerprint density at radius 2 is 1.63 bits per heavy atom. The number of rotatable bonds is 6. The first-order valence-electron chi connectivity index (χ1n) is 7.64. The molecule has 0 bridgehead atoms. The van der Waals surface area contributed by atoms with Crippen molar-refractivity contribution in [1.82, 2.24) is 9.97 Å². The highest BCUT2D eigenvalue weighted by atomic mass is 19.1. The van der Waals surface area contributed by atoms with Crippen LogP contribution in [0.15, 0.2) is 48.8 Å². The second kappa shape index (κ2) is 7.68. The molecule has 2 N–H and O–H groups in total. The molecule has 0 aliphatic heterocycles. The molecule has 138 valence electrons. The predicted molar refractivity (Wildman–Crippen MR) is 92.1 cm³/mol. The van der Waals surface area contributed by atoms with Crippen molar-refractivity contribution in [2.24, 2.45) is 0 Å². The molecule has 3 rings (SSSR count). The van der Waals surface area contributed by atoms with Gasteiger partial charge in [0.25, 0.3) is 0 Å². The normalized spacial score (nSPS) is 10.5. The number of halogens is 3. The van der Waals surface area contributed by atoms with Crippen LogP contribution in [0.2, 0.25) is 0 Å². The van der Waals surface area contributed by atoms with Gasteiger partial charge in [0.1, 0.15) is 23.8 Å². The van der Waals surface area contributed by atoms with Gasteiger partial charge in [0.2, 0.25) is 11.6 Å². The molecular weight excluding hydrogens is 363 g/mol. The van der Waals surface area contributed by atoms with E-state index in [-0.39, 0.29) is 23.9 Å². The summed E-state index contributed by atoms with van der Waals surface area (Å²) in [6.07, 6.45) is 1.06. The summed E-state index contributed by atoms with van der Waals surface area (Å²) in [4.78, 5) is 18.4. The van der Waals surface area contributed by atoms with Crippen LogP contribution in [0.25, 0.3) is 0 Å². The summed E-state index contributed by atoms with van der Waals surface area (Å²) < 4.78 is 39.8. The van der Waals surface area contributed by atoms with Crippen molar-refractivity contribution in [3.8, 4) is 0 Å². The van der Waals surface area contributed by atoms with Gasteiger partial charge in [0.15, 0.2) is 0 Å². The van der Waals surface area contributed by atoms with Gasteiger partial charge in [-0.2, -0.15) is 0 Å². The van der Waals surface area contributed by atoms with Crippen molar-refractivity contribution in [2.75, 3.05) is 10.6 Å². The van der Waals surface area contributed by atoms with Gasteiger partial charge in [-0.05, 0) is 29.8 Å². The number of aromatic nitrogens is 2. The third-order valence-electron chi connectivity index (χ3n) is 3.56. The standard InChI is InChI=1S/C17H12F3N5O2/c18-11-3-1-10(2-4-11)8-21-16-15(25(26)27)17(23-9-22-16)24-14-6-5-12(19)7-13(14)20/h1-7,9H,8H2,(H2,21,22,23,24). The lowest BCUT2D eigenvalue weighted by molar-refractivity contribution is -0.383. The van der Waals surface area contributed by atoms with Gasteiger partial charge in [0, 0.05) is 12.6 Å². The van der Waals surface area contributed by atoms with Crippen LogP contribution >= 0.6 is 0 Å². The fourth-order valence-electron chi connectivity index (χ4n) is 2.28. The topological polar surface area (TPSA) is 93.0 Å². The Balaban J connectivity index is 1.87. The van der Waals surface area contributed by atoms with Crippen molar-refractivity contribution in [2.45, 2.75) is 6.54 Å². The summed E-state index contributed by atoms with van der Waals surface area (Å²) in [6, 6.07) is 8.30. The molecule has 0 radical (unpaired) electrons. The van der Waals surface area contributed by atoms with E-state index in [1.54, 1.807) is 0 Å². The molecule has 3 aromatic rings. The summed E-state index contributed by atoms with van der Waals surface area (Å²) in [6.45, 7) is 0.141. The van der Waals surface area contributed by atoms with Crippen molar-refractivity contribution in [1.29, 1.82) is 0 Å². The molecule has 7 nitrogen and oxygen atoms in total. The number of hydrogen-bond donors (Lipinski definition) is 2. The van der Waals surface area contributed by atoms with Crippen LogP contribution in [0.4, 0.5) is 36.2 Å². The highest BCUT2D eigenvalue weighted by Gasteiger charge is 2.23. The number of nitro groups is 1. The molecule has 0 saturated heterocycles. The first-order valence-corrected chi connectivity index (χ1v) is 7.64. The van der Waals surface area contributed by atoms with Gasteiger partial charge < -0.3 is 10.6 Å². The predicted octanol–water partition coefficient (Wildman–Crippen LogP) is 4.16. The largest absolute Gasteiger partial charge is 0.360 e. The zero-order valence-corrected chi connectivity index (χ0v) is 13.6. The van der Waals surface area contributed by atoms with E-state index in [1.807, 2.05) is 0 Å². The van der Waals surface area contributed by atoms with E-state index in [2.05, 4.69) is 20.6 Å². The summed E-state index contributed by atoms with van der Waals surface area (Å²) in [5.41, 5.74) is -0.0191. The van der Waals surface area contributed by atoms with Crippen LogP contribution in [0, 0.1) is 27.6 Å². The van der Waals surface area contributed by atoms with Gasteiger partial charge in [-0.1, -0.05) is 12.1 Å². The number of nitrogens with one attached hydrogen (secondary N) is 2. The molecule has 1 heterocycles. The molecule has 0 saturated carbocycles. The minimum absolute atomic E-state index is 0.107. The highest BCUT2D eigenvalue weighted by Crippen LogP contribution is 2.32. The number of nitrogens with zero attached hydrogens (tertiary/aromatic N) is 3. The van der Waals surface area contributed by atoms with E-state index in [0.717, 1.165) is 18.5 Å². The Morgan fingerprint density at radius 3 is 2.30 bits per heavy atom. The number of hydrogen-bond acceptors (Lipinski definition) is 6. The lowest BCUT2D eigenvalue weighted by atomic mass is 10.2. The Labute approximate surface area is 151 Å². The van der Waals surface area contributed by atoms with Gasteiger partial charge in [-0.25, -0.2) is 23.1 Å². The Hall–Kier alpha value is -3.69. The summed E-state index contributed by atoms with van der Waals surface area (Å²) in [7, 11) is 0. The minimum atomic E-state index is -0.927. The zero-order chi connectivity index (χ0) is 19.4. The Kier molecular flexibility index (Phi) is 5.15. The highest BCUT2D eigenvalue weighted by molar-refractivity contribution is 5.73. The lowest BCUT2D eigenvalue weighted by Crippen LogP contribution is -2.08. The molecule has 0 fully saturated rings. The van der Waals surface area contributed by atoms with Crippen LogP contribution in [0.1, 0.15) is 5.56 Å². The average molecular weight is 375 g/mol. The number of anilines is 3. The summed E-state index contributed by atoms with van der Waals surface area (Å²) in [5, 5.41) is 16.7. The first-order chi connectivity index (χ1) is 12.9. The monoisotopic (exact) mass is 375 g/mol. The fourth-order valence-corrected chi connectivity index (χ4v) is 2.28. The van der Waals surface area contributed by atoms with Crippen LogP contribution in [-0.4, -0.2) is 14.9 Å². The summed E-state index contributed by atoms with van der Waals surface area (Å²) >= 11 is 0. The average Bonchev–Trinajstić information content (AvgIpc) is 2.63.